The maximum Gasteiger partial charge on any atom is 0.305 e. The normalized spacial score (nSPS) is 10.3. The molecular weight excluding hydrogens is 217 g/mol. The van der Waals surface area contributed by atoms with Gasteiger partial charge in [-0.05, 0) is 12.1 Å². The van der Waals surface area contributed by atoms with Gasteiger partial charge in [0.25, 0.3) is 6.01 Å². The average molecular weight is 223 g/mol. The molecule has 0 fully saturated rings. The van der Waals surface area contributed by atoms with Crippen LogP contribution in [0.4, 0.5) is 16.1 Å². The maximum absolute atomic E-state index is 13.0. The zero-order chi connectivity index (χ0) is 11.7. The summed E-state index contributed by atoms with van der Waals surface area (Å²) >= 11 is 0. The molecule has 0 aliphatic carbocycles. The number of anilines is 1. The first-order valence-electron chi connectivity index (χ1n) is 4.23. The van der Waals surface area contributed by atoms with E-state index in [1.807, 2.05) is 0 Å². The van der Waals surface area contributed by atoms with Crippen LogP contribution in [0.1, 0.15) is 0 Å². The molecule has 16 heavy (non-hydrogen) atoms. The van der Waals surface area contributed by atoms with Gasteiger partial charge in [0, 0.05) is 11.6 Å². The standard InChI is InChI=1S/C9H6FN3O3/c10-6-2-1-5(3-7(6)13(14)15)8-4-12-9(11)16-8/h1-4H,(H2,11,12). The summed E-state index contributed by atoms with van der Waals surface area (Å²) in [6.45, 7) is 0. The molecule has 0 aliphatic rings. The minimum absolute atomic E-state index is 0.0537. The third-order valence-electron chi connectivity index (χ3n) is 1.95. The number of nitrogens with two attached hydrogens (primary N) is 1. The topological polar surface area (TPSA) is 95.2 Å². The van der Waals surface area contributed by atoms with Crippen LogP contribution in [0.2, 0.25) is 0 Å². The second-order valence-electron chi connectivity index (χ2n) is 2.99. The first-order valence-corrected chi connectivity index (χ1v) is 4.23. The number of nitrogen functional groups attached to an aromatic ring is 1. The SMILES string of the molecule is Nc1ncc(-c2ccc(F)c([N+](=O)[O-])c2)o1. The van der Waals surface area contributed by atoms with Gasteiger partial charge >= 0.3 is 5.69 Å². The first kappa shape index (κ1) is 10.1. The predicted octanol–water partition coefficient (Wildman–Crippen LogP) is 1.97. The van der Waals surface area contributed by atoms with Gasteiger partial charge in [-0.1, -0.05) is 0 Å². The van der Waals surface area contributed by atoms with Gasteiger partial charge in [0.15, 0.2) is 5.76 Å². The number of benzene rings is 1. The Bertz CT molecular complexity index is 553. The van der Waals surface area contributed by atoms with Crippen molar-refractivity contribution in [3.05, 3.63) is 40.3 Å². The van der Waals surface area contributed by atoms with Crippen molar-refractivity contribution < 1.29 is 13.7 Å². The van der Waals surface area contributed by atoms with E-state index in [4.69, 9.17) is 10.2 Å². The van der Waals surface area contributed by atoms with Gasteiger partial charge in [-0.3, -0.25) is 10.1 Å². The van der Waals surface area contributed by atoms with E-state index in [9.17, 15) is 14.5 Å². The lowest BCUT2D eigenvalue weighted by molar-refractivity contribution is -0.387. The van der Waals surface area contributed by atoms with E-state index in [0.29, 0.717) is 5.56 Å². The summed E-state index contributed by atoms with van der Waals surface area (Å²) < 4.78 is 18.0. The molecule has 2 aromatic rings. The molecule has 0 saturated carbocycles. The Kier molecular flexibility index (Phi) is 2.28. The van der Waals surface area contributed by atoms with Gasteiger partial charge in [-0.2, -0.15) is 4.39 Å². The number of halogens is 1. The summed E-state index contributed by atoms with van der Waals surface area (Å²) in [5.74, 6) is -0.651. The van der Waals surface area contributed by atoms with Crippen LogP contribution in [0.3, 0.4) is 0 Å². The molecule has 82 valence electrons. The number of oxazole rings is 1. The highest BCUT2D eigenvalue weighted by molar-refractivity contribution is 5.61. The van der Waals surface area contributed by atoms with Crippen LogP contribution in [-0.2, 0) is 0 Å². The van der Waals surface area contributed by atoms with E-state index in [1.165, 1.54) is 12.3 Å². The van der Waals surface area contributed by atoms with Crippen molar-refractivity contribution in [1.82, 2.24) is 4.98 Å². The lowest BCUT2D eigenvalue weighted by atomic mass is 10.1. The van der Waals surface area contributed by atoms with E-state index in [-0.39, 0.29) is 11.8 Å². The lowest BCUT2D eigenvalue weighted by Gasteiger charge is -1.97. The van der Waals surface area contributed by atoms with Crippen molar-refractivity contribution in [3.8, 4) is 11.3 Å². The molecular formula is C9H6FN3O3. The highest BCUT2D eigenvalue weighted by Gasteiger charge is 2.16. The molecule has 0 saturated heterocycles. The van der Waals surface area contributed by atoms with Crippen LogP contribution in [0.5, 0.6) is 0 Å². The summed E-state index contributed by atoms with van der Waals surface area (Å²) in [5, 5.41) is 10.5. The monoisotopic (exact) mass is 223 g/mol. The number of nitrogens with zero attached hydrogens (tertiary/aromatic N) is 2. The summed E-state index contributed by atoms with van der Waals surface area (Å²) in [6.07, 6.45) is 1.31. The molecule has 2 N–H and O–H groups in total. The van der Waals surface area contributed by atoms with E-state index in [0.717, 1.165) is 12.1 Å². The van der Waals surface area contributed by atoms with Gasteiger partial charge in [0.1, 0.15) is 0 Å². The highest BCUT2D eigenvalue weighted by Crippen LogP contribution is 2.27. The number of rotatable bonds is 2. The number of hydrogen-bond acceptors (Lipinski definition) is 5. The third-order valence-corrected chi connectivity index (χ3v) is 1.95. The molecule has 1 aromatic carbocycles. The quantitative estimate of drug-likeness (QED) is 0.620. The zero-order valence-corrected chi connectivity index (χ0v) is 7.88. The van der Waals surface area contributed by atoms with Gasteiger partial charge < -0.3 is 10.2 Å². The fourth-order valence-electron chi connectivity index (χ4n) is 1.23. The molecule has 7 heteroatoms. The average Bonchev–Trinajstić information content (AvgIpc) is 2.65. The lowest BCUT2D eigenvalue weighted by Crippen LogP contribution is -1.92. The second kappa shape index (κ2) is 3.61. The van der Waals surface area contributed by atoms with Crippen molar-refractivity contribution in [2.75, 3.05) is 5.73 Å². The Morgan fingerprint density at radius 1 is 1.50 bits per heavy atom. The van der Waals surface area contributed by atoms with Crippen LogP contribution < -0.4 is 5.73 Å². The predicted molar refractivity (Wildman–Crippen MR) is 53.0 cm³/mol. The van der Waals surface area contributed by atoms with E-state index in [1.54, 1.807) is 0 Å². The number of aromatic nitrogens is 1. The molecule has 0 unspecified atom stereocenters. The van der Waals surface area contributed by atoms with Crippen LogP contribution in [0.15, 0.2) is 28.8 Å². The molecule has 1 heterocycles. The first-order chi connectivity index (χ1) is 7.58. The Morgan fingerprint density at radius 2 is 2.25 bits per heavy atom. The Hall–Kier alpha value is -2.44. The Balaban J connectivity index is 2.51. The fourth-order valence-corrected chi connectivity index (χ4v) is 1.23. The molecule has 0 radical (unpaired) electrons. The molecule has 6 nitrogen and oxygen atoms in total. The van der Waals surface area contributed by atoms with Gasteiger partial charge in [-0.25, -0.2) is 4.98 Å². The molecule has 0 amide bonds. The van der Waals surface area contributed by atoms with E-state index in [2.05, 4.69) is 4.98 Å². The minimum Gasteiger partial charge on any atom is -0.424 e. The number of hydrogen-bond donors (Lipinski definition) is 1. The highest BCUT2D eigenvalue weighted by atomic mass is 19.1. The Labute approximate surface area is 88.7 Å². The van der Waals surface area contributed by atoms with Gasteiger partial charge in [-0.15, -0.1) is 0 Å². The number of nitro benzene ring substituents is 1. The summed E-state index contributed by atoms with van der Waals surface area (Å²) in [6, 6.07) is 3.35. The van der Waals surface area contributed by atoms with Crippen molar-refractivity contribution in [1.29, 1.82) is 0 Å². The molecule has 2 rings (SSSR count). The molecule has 0 bridgehead atoms. The van der Waals surface area contributed by atoms with Crippen LogP contribution in [0, 0.1) is 15.9 Å². The van der Waals surface area contributed by atoms with Gasteiger partial charge in [0.05, 0.1) is 11.1 Å². The van der Waals surface area contributed by atoms with Gasteiger partial charge in [0.2, 0.25) is 5.82 Å². The van der Waals surface area contributed by atoms with Crippen LogP contribution in [0.25, 0.3) is 11.3 Å². The van der Waals surface area contributed by atoms with E-state index >= 15 is 0 Å². The molecule has 0 spiro atoms. The van der Waals surface area contributed by atoms with Crippen molar-refractivity contribution in [2.24, 2.45) is 0 Å². The molecule has 1 aromatic heterocycles. The van der Waals surface area contributed by atoms with E-state index < -0.39 is 16.4 Å². The smallest absolute Gasteiger partial charge is 0.305 e. The summed E-state index contributed by atoms with van der Waals surface area (Å²) in [4.78, 5) is 13.3. The Morgan fingerprint density at radius 3 is 2.81 bits per heavy atom. The number of nitro groups is 1. The van der Waals surface area contributed by atoms with Crippen molar-refractivity contribution in [3.63, 3.8) is 0 Å². The fraction of sp³-hybridized carbons (Fsp3) is 0. The minimum atomic E-state index is -0.902. The van der Waals surface area contributed by atoms with Crippen LogP contribution >= 0.6 is 0 Å². The summed E-state index contributed by atoms with van der Waals surface area (Å²) in [7, 11) is 0. The van der Waals surface area contributed by atoms with Crippen molar-refractivity contribution >= 4 is 11.7 Å². The second-order valence-corrected chi connectivity index (χ2v) is 2.99. The maximum atomic E-state index is 13.0. The summed E-state index contributed by atoms with van der Waals surface area (Å²) in [5.41, 5.74) is 4.98. The molecule has 0 aliphatic heterocycles. The van der Waals surface area contributed by atoms with Crippen molar-refractivity contribution in [2.45, 2.75) is 0 Å². The third kappa shape index (κ3) is 1.70. The van der Waals surface area contributed by atoms with Crippen LogP contribution in [-0.4, -0.2) is 9.91 Å². The largest absolute Gasteiger partial charge is 0.424 e. The molecule has 0 atom stereocenters. The zero-order valence-electron chi connectivity index (χ0n) is 7.88.